The van der Waals surface area contributed by atoms with Gasteiger partial charge in [-0.05, 0) is 84.6 Å². The number of hydrogen-bond donors (Lipinski definition) is 0. The first kappa shape index (κ1) is 37.7. The lowest BCUT2D eigenvalue weighted by Gasteiger charge is -2.33. The highest BCUT2D eigenvalue weighted by atomic mass is 35.8. The first-order valence-electron chi connectivity index (χ1n) is 8.23. The molecular weight excluding hydrogens is 553 g/mol. The van der Waals surface area contributed by atoms with Gasteiger partial charge in [-0.1, -0.05) is 0 Å². The van der Waals surface area contributed by atoms with Crippen molar-refractivity contribution in [1.29, 1.82) is 0 Å². The van der Waals surface area contributed by atoms with E-state index in [2.05, 4.69) is 65.1 Å². The summed E-state index contributed by atoms with van der Waals surface area (Å²) in [6.07, 6.45) is 0. The van der Waals surface area contributed by atoms with Gasteiger partial charge in [-0.3, -0.25) is 0 Å². The van der Waals surface area contributed by atoms with Gasteiger partial charge in [-0.25, -0.2) is 0 Å². The van der Waals surface area contributed by atoms with Crippen LogP contribution in [0.2, 0.25) is 0 Å². The van der Waals surface area contributed by atoms with E-state index in [9.17, 15) is 0 Å². The molecule has 0 spiro atoms. The molecule has 0 aliphatic heterocycles. The molecule has 0 aromatic rings. The van der Waals surface area contributed by atoms with E-state index >= 15 is 0 Å². The minimum absolute atomic E-state index is 0.954. The smallest absolute Gasteiger partial charge is 0.308 e. The summed E-state index contributed by atoms with van der Waals surface area (Å²) in [5.74, 6) is 0. The number of halogens is 6. The molecule has 0 bridgehead atoms. The fourth-order valence-corrected chi connectivity index (χ4v) is 5.54. The summed E-state index contributed by atoms with van der Waals surface area (Å²) in [5.41, 5.74) is 0. The lowest BCUT2D eigenvalue weighted by Crippen LogP contribution is -2.55. The van der Waals surface area contributed by atoms with Crippen LogP contribution < -0.4 is 0 Å². The fraction of sp³-hybridized carbons (Fsp3) is 1.00. The van der Waals surface area contributed by atoms with Crippen molar-refractivity contribution >= 4 is 98.5 Å². The van der Waals surface area contributed by atoms with E-state index in [-0.39, 0.29) is 0 Å². The summed E-state index contributed by atoms with van der Waals surface area (Å²) in [6, 6.07) is 0. The zero-order chi connectivity index (χ0) is 23.8. The molecule has 0 fully saturated rings. The highest BCUT2D eigenvalue weighted by Crippen LogP contribution is 1.97. The third-order valence-corrected chi connectivity index (χ3v) is 12.6. The van der Waals surface area contributed by atoms with E-state index in [1.54, 1.807) is 0 Å². The minimum Gasteiger partial charge on any atom is -0.308 e. The molecule has 0 aliphatic carbocycles. The Labute approximate surface area is 209 Å². The third-order valence-electron chi connectivity index (χ3n) is 2.63. The van der Waals surface area contributed by atoms with Crippen LogP contribution in [0.5, 0.6) is 0 Å². The van der Waals surface area contributed by atoms with Crippen LogP contribution >= 0.6 is 66.5 Å². The average Bonchev–Trinajstić information content (AvgIpc) is 2.45. The topological polar surface area (TPSA) is 19.4 Å². The maximum atomic E-state index is 5.94. The lowest BCUT2D eigenvalue weighted by atomic mass is 11.2. The van der Waals surface area contributed by atoms with Gasteiger partial charge in [-0.15, -0.1) is 66.5 Å². The standard InChI is InChI=1S/C6H19N3Si.C4H13ClN2Si.C2H7Cl2NSi.Cl3HSi/c1-7(2)10(8(3)4)9(5)6;1-6(2)8(5)7(3)4;1-5(2)6(3)4;1-4(2)3/h10H,1-6H3;8H,1-4H3;6H,1-2H3;4H. The third kappa shape index (κ3) is 30.6. The normalized spacial score (nSPS) is 11.6. The summed E-state index contributed by atoms with van der Waals surface area (Å²) in [4.78, 5) is 0. The average molecular weight is 594 g/mol. The molecule has 0 saturated heterocycles. The van der Waals surface area contributed by atoms with Crippen molar-refractivity contribution in [3.05, 3.63) is 0 Å². The largest absolute Gasteiger partial charge is 0.326 e. The van der Waals surface area contributed by atoms with Crippen molar-refractivity contribution in [3.63, 3.8) is 0 Å². The maximum absolute atomic E-state index is 5.94. The van der Waals surface area contributed by atoms with E-state index in [4.69, 9.17) is 66.5 Å². The Morgan fingerprint density at radius 3 is 0.571 bits per heavy atom. The molecule has 0 aromatic heterocycles. The van der Waals surface area contributed by atoms with Crippen LogP contribution in [0, 0.1) is 0 Å². The number of nitrogens with zero attached hydrogens (tertiary/aromatic N) is 6. The van der Waals surface area contributed by atoms with Crippen LogP contribution in [0.4, 0.5) is 0 Å². The molecule has 0 amide bonds. The SMILES string of the molecule is CN(C)[SiH](Cl)Cl.CN(C)[SiH](Cl)N(C)C.CN(C)[SiH](N(C)C)N(C)C.Cl[SiH](Cl)Cl. The quantitative estimate of drug-likeness (QED) is 0.342. The second-order valence-electron chi connectivity index (χ2n) is 6.96. The van der Waals surface area contributed by atoms with Gasteiger partial charge in [0.2, 0.25) is 0 Å². The van der Waals surface area contributed by atoms with E-state index in [0.29, 0.717) is 0 Å². The van der Waals surface area contributed by atoms with Crippen molar-refractivity contribution in [2.45, 2.75) is 0 Å². The van der Waals surface area contributed by atoms with E-state index < -0.39 is 32.0 Å². The second kappa shape index (κ2) is 22.6. The number of hydrogen-bond acceptors (Lipinski definition) is 6. The van der Waals surface area contributed by atoms with Crippen LogP contribution in [-0.2, 0) is 0 Å². The van der Waals surface area contributed by atoms with Crippen LogP contribution in [0.25, 0.3) is 0 Å². The van der Waals surface area contributed by atoms with Gasteiger partial charge in [0.25, 0.3) is 17.7 Å². The Hall–Kier alpha value is 2.37. The molecule has 0 heterocycles. The van der Waals surface area contributed by atoms with Gasteiger partial charge in [0.05, 0.1) is 0 Å². The van der Waals surface area contributed by atoms with Crippen LogP contribution in [0.3, 0.4) is 0 Å². The maximum Gasteiger partial charge on any atom is 0.326 e. The second-order valence-corrected chi connectivity index (χ2v) is 25.8. The van der Waals surface area contributed by atoms with Gasteiger partial charge in [0.1, 0.15) is 0 Å². The predicted molar refractivity (Wildman–Crippen MR) is 146 cm³/mol. The Balaban J connectivity index is -0.000000144. The fourth-order valence-electron chi connectivity index (χ4n) is 1.85. The van der Waals surface area contributed by atoms with Gasteiger partial charge in [-0.2, -0.15) is 0 Å². The molecule has 0 N–H and O–H groups in total. The van der Waals surface area contributed by atoms with Crippen molar-refractivity contribution in [2.75, 3.05) is 84.6 Å². The molecule has 0 atom stereocenters. The van der Waals surface area contributed by atoms with Crippen LogP contribution in [0.15, 0.2) is 0 Å². The van der Waals surface area contributed by atoms with Crippen molar-refractivity contribution < 1.29 is 0 Å². The molecule has 6 nitrogen and oxygen atoms in total. The molecule has 0 aromatic carbocycles. The van der Waals surface area contributed by atoms with E-state index in [1.165, 1.54) is 0 Å². The molecule has 0 saturated carbocycles. The Kier molecular flexibility index (Phi) is 30.3. The summed E-state index contributed by atoms with van der Waals surface area (Å²) in [6.45, 7) is -1.72. The summed E-state index contributed by atoms with van der Waals surface area (Å²) in [7, 11) is 20.9. The zero-order valence-electron chi connectivity index (χ0n) is 19.3. The van der Waals surface area contributed by atoms with Crippen molar-refractivity contribution in [2.24, 2.45) is 0 Å². The molecule has 28 heavy (non-hydrogen) atoms. The van der Waals surface area contributed by atoms with Gasteiger partial charge in [0, 0.05) is 0 Å². The molecule has 16 heteroatoms. The van der Waals surface area contributed by atoms with Crippen LogP contribution in [0.1, 0.15) is 0 Å². The van der Waals surface area contributed by atoms with E-state index in [1.807, 2.05) is 46.9 Å². The molecule has 0 rings (SSSR count). The summed E-state index contributed by atoms with van der Waals surface area (Å²) in [5, 5.41) is 0. The Bertz CT molecular complexity index is 295. The molecule has 176 valence electrons. The summed E-state index contributed by atoms with van der Waals surface area (Å²) < 4.78 is 12.9. The molecule has 0 radical (unpaired) electrons. The first-order chi connectivity index (χ1) is 12.4. The summed E-state index contributed by atoms with van der Waals surface area (Å²) >= 11 is 31.7. The van der Waals surface area contributed by atoms with Gasteiger partial charge in [0.15, 0.2) is 0 Å². The van der Waals surface area contributed by atoms with E-state index in [0.717, 1.165) is 0 Å². The number of rotatable bonds is 6. The zero-order valence-corrected chi connectivity index (χ0v) is 28.4. The Morgan fingerprint density at radius 1 is 0.393 bits per heavy atom. The predicted octanol–water partition coefficient (Wildman–Crippen LogP) is 1.62. The lowest BCUT2D eigenvalue weighted by molar-refractivity contribution is 0.420. The first-order valence-corrected chi connectivity index (χ1v) is 21.8. The highest BCUT2D eigenvalue weighted by Gasteiger charge is 2.18. The van der Waals surface area contributed by atoms with Crippen LogP contribution in [-0.4, -0.2) is 144 Å². The molecule has 0 unspecified atom stereocenters. The van der Waals surface area contributed by atoms with Gasteiger partial charge < -0.3 is 27.4 Å². The van der Waals surface area contributed by atoms with Crippen molar-refractivity contribution in [3.8, 4) is 0 Å². The van der Waals surface area contributed by atoms with Gasteiger partial charge >= 0.3 is 14.3 Å². The molecule has 0 aliphatic rings. The monoisotopic (exact) mass is 590 g/mol. The Morgan fingerprint density at radius 2 is 0.571 bits per heavy atom. The van der Waals surface area contributed by atoms with Crippen molar-refractivity contribution in [1.82, 2.24) is 27.4 Å². The molecular formula is C12H40Cl6N6Si4. The minimum atomic E-state index is -1.72. The highest BCUT2D eigenvalue weighted by molar-refractivity contribution is 7.54.